The maximum absolute atomic E-state index is 12.2. The summed E-state index contributed by atoms with van der Waals surface area (Å²) in [4.78, 5) is 14.7. The lowest BCUT2D eigenvalue weighted by Crippen LogP contribution is -2.06. The van der Waals surface area contributed by atoms with Crippen LogP contribution < -0.4 is 0 Å². The molecular weight excluding hydrogens is 290 g/mol. The summed E-state index contributed by atoms with van der Waals surface area (Å²) in [6.45, 7) is 0. The number of hydrogen-bond donors (Lipinski definition) is 1. The van der Waals surface area contributed by atoms with E-state index >= 15 is 0 Å². The fourth-order valence-electron chi connectivity index (χ4n) is 1.88. The molecule has 0 amide bonds. The van der Waals surface area contributed by atoms with Crippen LogP contribution in [0.3, 0.4) is 0 Å². The van der Waals surface area contributed by atoms with E-state index in [9.17, 15) is 13.2 Å². The topological polar surface area (TPSA) is 84.3 Å². The average Bonchev–Trinajstić information content (AvgIpc) is 2.46. The van der Waals surface area contributed by atoms with E-state index < -0.39 is 15.8 Å². The van der Waals surface area contributed by atoms with E-state index in [0.717, 1.165) is 5.56 Å². The van der Waals surface area contributed by atoms with E-state index in [1.807, 2.05) is 0 Å². The van der Waals surface area contributed by atoms with Crippen LogP contribution in [0.25, 0.3) is 0 Å². The van der Waals surface area contributed by atoms with E-state index in [0.29, 0.717) is 12.1 Å². The van der Waals surface area contributed by atoms with Crippen molar-refractivity contribution in [1.82, 2.24) is 4.98 Å². The maximum Gasteiger partial charge on any atom is 0.303 e. The van der Waals surface area contributed by atoms with Crippen LogP contribution >= 0.6 is 0 Å². The van der Waals surface area contributed by atoms with Crippen molar-refractivity contribution in [2.45, 2.75) is 23.5 Å². The van der Waals surface area contributed by atoms with E-state index in [1.165, 1.54) is 12.1 Å². The summed E-state index contributed by atoms with van der Waals surface area (Å²) in [5.74, 6) is -1.02. The van der Waals surface area contributed by atoms with Gasteiger partial charge in [0.05, 0.1) is 16.3 Å². The Hall–Kier alpha value is -2.21. The molecule has 0 radical (unpaired) electrons. The molecule has 1 N–H and O–H groups in total. The van der Waals surface area contributed by atoms with Gasteiger partial charge in [0.15, 0.2) is 9.84 Å². The first kappa shape index (κ1) is 15.2. The van der Waals surface area contributed by atoms with Gasteiger partial charge < -0.3 is 5.11 Å². The molecule has 0 aliphatic heterocycles. The van der Waals surface area contributed by atoms with Gasteiger partial charge in [-0.1, -0.05) is 18.2 Å². The van der Waals surface area contributed by atoms with Gasteiger partial charge in [0.1, 0.15) is 0 Å². The zero-order chi connectivity index (χ0) is 15.3. The number of pyridine rings is 1. The van der Waals surface area contributed by atoms with Crippen molar-refractivity contribution in [3.05, 3.63) is 59.9 Å². The molecule has 0 aliphatic carbocycles. The van der Waals surface area contributed by atoms with Crippen molar-refractivity contribution >= 4 is 15.8 Å². The van der Waals surface area contributed by atoms with Gasteiger partial charge in [-0.3, -0.25) is 9.78 Å². The Morgan fingerprint density at radius 3 is 2.38 bits per heavy atom. The van der Waals surface area contributed by atoms with Crippen molar-refractivity contribution in [3.63, 3.8) is 0 Å². The molecule has 2 rings (SSSR count). The molecule has 1 aromatic carbocycles. The number of benzene rings is 1. The molecule has 0 bridgehead atoms. The molecule has 0 fully saturated rings. The highest BCUT2D eigenvalue weighted by Crippen LogP contribution is 2.16. The summed E-state index contributed by atoms with van der Waals surface area (Å²) in [6, 6.07) is 11.5. The molecule has 0 saturated heterocycles. The molecule has 2 aromatic rings. The Bertz CT molecular complexity index is 709. The molecule has 0 atom stereocenters. The van der Waals surface area contributed by atoms with Crippen molar-refractivity contribution in [3.8, 4) is 0 Å². The summed E-state index contributed by atoms with van der Waals surface area (Å²) in [7, 11) is -3.44. The number of aryl methyl sites for hydroxylation is 1. The SMILES string of the molecule is O=C(O)CCc1ccc(S(=O)(=O)Cc2ccccn2)cc1. The minimum Gasteiger partial charge on any atom is -0.481 e. The number of carbonyl (C=O) groups is 1. The second-order valence-electron chi connectivity index (χ2n) is 4.62. The van der Waals surface area contributed by atoms with Gasteiger partial charge in [0.2, 0.25) is 0 Å². The Morgan fingerprint density at radius 2 is 1.81 bits per heavy atom. The summed E-state index contributed by atoms with van der Waals surface area (Å²) >= 11 is 0. The summed E-state index contributed by atoms with van der Waals surface area (Å²) in [5, 5.41) is 8.62. The fraction of sp³-hybridized carbons (Fsp3) is 0.200. The number of rotatable bonds is 6. The zero-order valence-electron chi connectivity index (χ0n) is 11.3. The second-order valence-corrected chi connectivity index (χ2v) is 6.61. The van der Waals surface area contributed by atoms with Crippen molar-refractivity contribution in [2.75, 3.05) is 0 Å². The van der Waals surface area contributed by atoms with Gasteiger partial charge in [-0.15, -0.1) is 0 Å². The third-order valence-corrected chi connectivity index (χ3v) is 4.64. The summed E-state index contributed by atoms with van der Waals surface area (Å²) in [5.41, 5.74) is 1.29. The third-order valence-electron chi connectivity index (χ3n) is 2.97. The lowest BCUT2D eigenvalue weighted by molar-refractivity contribution is -0.136. The second kappa shape index (κ2) is 6.49. The number of hydrogen-bond acceptors (Lipinski definition) is 4. The number of sulfone groups is 1. The molecule has 1 aromatic heterocycles. The summed E-state index contributed by atoms with van der Waals surface area (Å²) < 4.78 is 24.5. The first-order chi connectivity index (χ1) is 9.97. The Labute approximate surface area is 123 Å². The largest absolute Gasteiger partial charge is 0.481 e. The van der Waals surface area contributed by atoms with Gasteiger partial charge >= 0.3 is 5.97 Å². The van der Waals surface area contributed by atoms with E-state index in [2.05, 4.69) is 4.98 Å². The van der Waals surface area contributed by atoms with Crippen LogP contribution in [-0.4, -0.2) is 24.5 Å². The van der Waals surface area contributed by atoms with Crippen LogP contribution in [0.5, 0.6) is 0 Å². The van der Waals surface area contributed by atoms with Crippen LogP contribution in [-0.2, 0) is 26.8 Å². The minimum atomic E-state index is -3.44. The van der Waals surface area contributed by atoms with Crippen molar-refractivity contribution in [2.24, 2.45) is 0 Å². The van der Waals surface area contributed by atoms with Crippen LogP contribution in [0.4, 0.5) is 0 Å². The quantitative estimate of drug-likeness (QED) is 0.883. The fourth-order valence-corrected chi connectivity index (χ4v) is 3.15. The number of carboxylic acid groups (broad SMARTS) is 1. The Balaban J connectivity index is 2.12. The Morgan fingerprint density at radius 1 is 1.10 bits per heavy atom. The lowest BCUT2D eigenvalue weighted by Gasteiger charge is -2.05. The Kier molecular flexibility index (Phi) is 4.70. The van der Waals surface area contributed by atoms with Crippen molar-refractivity contribution in [1.29, 1.82) is 0 Å². The van der Waals surface area contributed by atoms with Gasteiger partial charge in [0.25, 0.3) is 0 Å². The molecule has 0 unspecified atom stereocenters. The molecule has 6 heteroatoms. The predicted octanol–water partition coefficient (Wildman–Crippen LogP) is 2.07. The molecule has 0 saturated carbocycles. The minimum absolute atomic E-state index is 0.0278. The molecule has 0 aliphatic rings. The van der Waals surface area contributed by atoms with Crippen LogP contribution in [0.2, 0.25) is 0 Å². The van der Waals surface area contributed by atoms with Gasteiger partial charge in [-0.25, -0.2) is 8.42 Å². The van der Waals surface area contributed by atoms with Crippen molar-refractivity contribution < 1.29 is 18.3 Å². The smallest absolute Gasteiger partial charge is 0.303 e. The monoisotopic (exact) mass is 305 g/mol. The van der Waals surface area contributed by atoms with E-state index in [4.69, 9.17) is 5.11 Å². The highest BCUT2D eigenvalue weighted by molar-refractivity contribution is 7.90. The van der Waals surface area contributed by atoms with Crippen LogP contribution in [0, 0.1) is 0 Å². The molecule has 5 nitrogen and oxygen atoms in total. The molecule has 21 heavy (non-hydrogen) atoms. The first-order valence-electron chi connectivity index (χ1n) is 6.41. The van der Waals surface area contributed by atoms with Gasteiger partial charge in [0, 0.05) is 12.6 Å². The molecular formula is C15H15NO4S. The number of nitrogens with zero attached hydrogens (tertiary/aromatic N) is 1. The zero-order valence-corrected chi connectivity index (χ0v) is 12.1. The number of aromatic nitrogens is 1. The lowest BCUT2D eigenvalue weighted by atomic mass is 10.1. The van der Waals surface area contributed by atoms with Crippen LogP contribution in [0.1, 0.15) is 17.7 Å². The van der Waals surface area contributed by atoms with E-state index in [-0.39, 0.29) is 17.1 Å². The number of aliphatic carboxylic acids is 1. The predicted molar refractivity (Wildman–Crippen MR) is 77.5 cm³/mol. The molecule has 110 valence electrons. The van der Waals surface area contributed by atoms with Gasteiger partial charge in [-0.05, 0) is 36.2 Å². The van der Waals surface area contributed by atoms with E-state index in [1.54, 1.807) is 36.5 Å². The molecule has 1 heterocycles. The molecule has 0 spiro atoms. The summed E-state index contributed by atoms with van der Waals surface area (Å²) in [6.07, 6.45) is 1.97. The van der Waals surface area contributed by atoms with Crippen LogP contribution in [0.15, 0.2) is 53.6 Å². The first-order valence-corrected chi connectivity index (χ1v) is 8.06. The standard InChI is InChI=1S/C15H15NO4S/c17-15(18)9-6-12-4-7-14(8-5-12)21(19,20)11-13-3-1-2-10-16-13/h1-5,7-8,10H,6,9,11H2,(H,17,18). The third kappa shape index (κ3) is 4.39. The highest BCUT2D eigenvalue weighted by Gasteiger charge is 2.15. The average molecular weight is 305 g/mol. The highest BCUT2D eigenvalue weighted by atomic mass is 32.2. The van der Waals surface area contributed by atoms with Gasteiger partial charge in [-0.2, -0.15) is 0 Å². The normalized spacial score (nSPS) is 11.2. The maximum atomic E-state index is 12.2. The number of carboxylic acids is 1.